The lowest BCUT2D eigenvalue weighted by molar-refractivity contribution is -0.116. The molecule has 6 nitrogen and oxygen atoms in total. The van der Waals surface area contributed by atoms with Crippen LogP contribution in [-0.4, -0.2) is 36.0 Å². The molecule has 0 aromatic carbocycles. The third-order valence-corrected chi connectivity index (χ3v) is 2.78. The van der Waals surface area contributed by atoms with Crippen molar-refractivity contribution >= 4 is 17.5 Å². The minimum Gasteiger partial charge on any atom is -0.370 e. The molecule has 19 heavy (non-hydrogen) atoms. The van der Waals surface area contributed by atoms with Crippen LogP contribution in [0.2, 0.25) is 0 Å². The molecule has 0 saturated carbocycles. The molecule has 1 heterocycles. The fraction of sp³-hybridized carbons (Fsp3) is 0.615. The Kier molecular flexibility index (Phi) is 5.54. The number of carbonyl (C=O) groups is 1. The fourth-order valence-electron chi connectivity index (χ4n) is 1.80. The zero-order valence-electron chi connectivity index (χ0n) is 12.2. The number of aromatic nitrogens is 2. The maximum absolute atomic E-state index is 11.0. The first kappa shape index (κ1) is 15.2. The average molecular weight is 265 g/mol. The third-order valence-electron chi connectivity index (χ3n) is 2.78. The molecule has 0 aliphatic rings. The van der Waals surface area contributed by atoms with Crippen LogP contribution in [0.5, 0.6) is 0 Å². The predicted octanol–water partition coefficient (Wildman–Crippen LogP) is 1.09. The Morgan fingerprint density at radius 3 is 2.58 bits per heavy atom. The quantitative estimate of drug-likeness (QED) is 0.771. The lowest BCUT2D eigenvalue weighted by Gasteiger charge is -2.21. The number of primary amides is 1. The smallest absolute Gasteiger partial charge is 0.236 e. The Hall–Kier alpha value is -1.85. The molecule has 0 aliphatic carbocycles. The number of aryl methyl sites for hydroxylation is 1. The summed E-state index contributed by atoms with van der Waals surface area (Å²) in [7, 11) is 1.81. The Balaban J connectivity index is 3.10. The van der Waals surface area contributed by atoms with Gasteiger partial charge in [-0.15, -0.1) is 0 Å². The van der Waals surface area contributed by atoms with Crippen molar-refractivity contribution in [3.8, 4) is 0 Å². The summed E-state index contributed by atoms with van der Waals surface area (Å²) in [5, 5.41) is 3.29. The van der Waals surface area contributed by atoms with Crippen LogP contribution in [-0.2, 0) is 11.2 Å². The number of nitrogens with one attached hydrogen (secondary N) is 1. The van der Waals surface area contributed by atoms with Crippen LogP contribution in [0.3, 0.4) is 0 Å². The second-order valence-corrected chi connectivity index (χ2v) is 4.54. The molecular weight excluding hydrogens is 242 g/mol. The molecule has 1 amide bonds. The van der Waals surface area contributed by atoms with Crippen molar-refractivity contribution in [2.75, 3.05) is 30.4 Å². The molecule has 1 aromatic heterocycles. The van der Waals surface area contributed by atoms with E-state index in [1.54, 1.807) is 4.90 Å². The molecule has 0 fully saturated rings. The van der Waals surface area contributed by atoms with E-state index in [-0.39, 0.29) is 12.5 Å². The summed E-state index contributed by atoms with van der Waals surface area (Å²) in [6.07, 6.45) is 1.77. The number of nitrogens with two attached hydrogens (primary N) is 1. The third kappa shape index (κ3) is 4.08. The van der Waals surface area contributed by atoms with E-state index < -0.39 is 0 Å². The Morgan fingerprint density at radius 1 is 1.37 bits per heavy atom. The van der Waals surface area contributed by atoms with Gasteiger partial charge in [-0.1, -0.05) is 13.8 Å². The van der Waals surface area contributed by atoms with Gasteiger partial charge in [0.05, 0.1) is 6.54 Å². The monoisotopic (exact) mass is 265 g/mol. The van der Waals surface area contributed by atoms with Gasteiger partial charge in [-0.05, 0) is 13.3 Å². The van der Waals surface area contributed by atoms with Crippen LogP contribution in [0.25, 0.3) is 0 Å². The lowest BCUT2D eigenvalue weighted by Crippen LogP contribution is -2.32. The fourth-order valence-corrected chi connectivity index (χ4v) is 1.80. The normalized spacial score (nSPS) is 10.3. The zero-order valence-corrected chi connectivity index (χ0v) is 12.2. The van der Waals surface area contributed by atoms with E-state index in [1.807, 2.05) is 20.9 Å². The summed E-state index contributed by atoms with van der Waals surface area (Å²) in [4.78, 5) is 21.8. The summed E-state index contributed by atoms with van der Waals surface area (Å²) in [6, 6.07) is 0. The molecule has 0 aliphatic heterocycles. The van der Waals surface area contributed by atoms with Crippen molar-refractivity contribution in [1.29, 1.82) is 0 Å². The summed E-state index contributed by atoms with van der Waals surface area (Å²) in [5.74, 6) is 1.97. The number of hydrogen-bond acceptors (Lipinski definition) is 5. The van der Waals surface area contributed by atoms with Crippen LogP contribution in [0.15, 0.2) is 0 Å². The number of hydrogen-bond donors (Lipinski definition) is 2. The van der Waals surface area contributed by atoms with Crippen LogP contribution < -0.4 is 16.0 Å². The molecule has 106 valence electrons. The first-order valence-electron chi connectivity index (χ1n) is 6.60. The van der Waals surface area contributed by atoms with E-state index in [0.717, 1.165) is 42.4 Å². The number of rotatable bonds is 7. The first-order valence-corrected chi connectivity index (χ1v) is 6.60. The van der Waals surface area contributed by atoms with Crippen LogP contribution in [0.4, 0.5) is 11.6 Å². The van der Waals surface area contributed by atoms with Gasteiger partial charge in [-0.3, -0.25) is 4.79 Å². The lowest BCUT2D eigenvalue weighted by atomic mass is 10.2. The SMILES string of the molecule is CCCNc1nc(CC)nc(N(C)CC(N)=O)c1C. The van der Waals surface area contributed by atoms with Gasteiger partial charge in [0.2, 0.25) is 5.91 Å². The van der Waals surface area contributed by atoms with Gasteiger partial charge >= 0.3 is 0 Å². The van der Waals surface area contributed by atoms with Gasteiger partial charge in [0.25, 0.3) is 0 Å². The van der Waals surface area contributed by atoms with E-state index in [4.69, 9.17) is 5.73 Å². The molecule has 0 radical (unpaired) electrons. The predicted molar refractivity (Wildman–Crippen MR) is 77.4 cm³/mol. The highest BCUT2D eigenvalue weighted by atomic mass is 16.1. The minimum atomic E-state index is -0.373. The van der Waals surface area contributed by atoms with Crippen molar-refractivity contribution < 1.29 is 4.79 Å². The maximum atomic E-state index is 11.0. The van der Waals surface area contributed by atoms with Gasteiger partial charge in [0, 0.05) is 25.6 Å². The number of anilines is 2. The topological polar surface area (TPSA) is 84.1 Å². The highest BCUT2D eigenvalue weighted by Gasteiger charge is 2.14. The van der Waals surface area contributed by atoms with Crippen molar-refractivity contribution in [1.82, 2.24) is 9.97 Å². The molecule has 6 heteroatoms. The minimum absolute atomic E-state index is 0.147. The van der Waals surface area contributed by atoms with Crippen molar-refractivity contribution in [3.05, 3.63) is 11.4 Å². The summed E-state index contributed by atoms with van der Waals surface area (Å²) in [6.45, 7) is 7.06. The molecule has 0 saturated heterocycles. The number of nitrogens with zero attached hydrogens (tertiary/aromatic N) is 3. The van der Waals surface area contributed by atoms with E-state index in [1.165, 1.54) is 0 Å². The largest absolute Gasteiger partial charge is 0.370 e. The van der Waals surface area contributed by atoms with Crippen LogP contribution in [0, 0.1) is 6.92 Å². The maximum Gasteiger partial charge on any atom is 0.236 e. The second-order valence-electron chi connectivity index (χ2n) is 4.54. The molecule has 0 unspecified atom stereocenters. The standard InChI is InChI=1S/C13H23N5O/c1-5-7-15-12-9(3)13(17-11(6-2)16-12)18(4)8-10(14)19/h5-8H2,1-4H3,(H2,14,19)(H,15,16,17). The van der Waals surface area contributed by atoms with E-state index in [9.17, 15) is 4.79 Å². The Morgan fingerprint density at radius 2 is 2.05 bits per heavy atom. The Bertz CT molecular complexity index is 447. The van der Waals surface area contributed by atoms with Crippen molar-refractivity contribution in [2.24, 2.45) is 5.73 Å². The van der Waals surface area contributed by atoms with E-state index in [0.29, 0.717) is 0 Å². The molecule has 0 atom stereocenters. The van der Waals surface area contributed by atoms with Crippen molar-refractivity contribution in [3.63, 3.8) is 0 Å². The van der Waals surface area contributed by atoms with Crippen LogP contribution >= 0.6 is 0 Å². The zero-order chi connectivity index (χ0) is 14.4. The highest BCUT2D eigenvalue weighted by molar-refractivity contribution is 5.79. The van der Waals surface area contributed by atoms with E-state index >= 15 is 0 Å². The van der Waals surface area contributed by atoms with E-state index in [2.05, 4.69) is 22.2 Å². The first-order chi connectivity index (χ1) is 8.99. The second kappa shape index (κ2) is 6.92. The molecular formula is C13H23N5O. The average Bonchev–Trinajstić information content (AvgIpc) is 2.36. The number of amides is 1. The summed E-state index contributed by atoms with van der Waals surface area (Å²) in [5.41, 5.74) is 6.17. The molecule has 0 bridgehead atoms. The number of likely N-dealkylation sites (N-methyl/N-ethyl adjacent to an activating group) is 1. The molecule has 1 rings (SSSR count). The number of carbonyl (C=O) groups excluding carboxylic acids is 1. The van der Waals surface area contributed by atoms with Gasteiger partial charge in [-0.25, -0.2) is 9.97 Å². The van der Waals surface area contributed by atoms with Gasteiger partial charge in [0.1, 0.15) is 17.5 Å². The molecule has 1 aromatic rings. The summed E-state index contributed by atoms with van der Waals surface area (Å²) < 4.78 is 0. The van der Waals surface area contributed by atoms with Crippen molar-refractivity contribution in [2.45, 2.75) is 33.6 Å². The van der Waals surface area contributed by atoms with Crippen LogP contribution in [0.1, 0.15) is 31.7 Å². The van der Waals surface area contributed by atoms with Gasteiger partial charge in [0.15, 0.2) is 0 Å². The Labute approximate surface area is 114 Å². The summed E-state index contributed by atoms with van der Waals surface area (Å²) >= 11 is 0. The van der Waals surface area contributed by atoms with Gasteiger partial charge in [-0.2, -0.15) is 0 Å². The van der Waals surface area contributed by atoms with Gasteiger partial charge < -0.3 is 16.0 Å². The highest BCUT2D eigenvalue weighted by Crippen LogP contribution is 2.22. The molecule has 3 N–H and O–H groups in total. The molecule has 0 spiro atoms.